The van der Waals surface area contributed by atoms with Crippen molar-refractivity contribution in [2.24, 2.45) is 0 Å². The second-order valence-electron chi connectivity index (χ2n) is 4.52. The van der Waals surface area contributed by atoms with Gasteiger partial charge in [0.25, 0.3) is 5.91 Å². The average Bonchev–Trinajstić information content (AvgIpc) is 2.32. The third-order valence-corrected chi connectivity index (χ3v) is 2.80. The molecule has 1 heterocycles. The van der Waals surface area contributed by atoms with E-state index >= 15 is 0 Å². The third kappa shape index (κ3) is 3.32. The Labute approximate surface area is 112 Å². The minimum Gasteiger partial charge on any atom is -0.482 e. The highest BCUT2D eigenvalue weighted by Crippen LogP contribution is 2.26. The van der Waals surface area contributed by atoms with Crippen LogP contribution in [-0.2, 0) is 0 Å². The molecule has 0 saturated carbocycles. The number of nitrogens with two attached hydrogens (primary N) is 1. The van der Waals surface area contributed by atoms with Gasteiger partial charge < -0.3 is 20.5 Å². The number of β-amino-alcohol motifs (C(OH)–C–C–N with tert-alkyl or cyclic N) is 1. The molecule has 20 heavy (non-hydrogen) atoms. The molecular weight excluding hydrogens is 277 g/mol. The van der Waals surface area contributed by atoms with Crippen LogP contribution in [0, 0.1) is 0 Å². The molecular formula is C12H13F3N2O3. The molecule has 0 atom stereocenters. The highest BCUT2D eigenvalue weighted by molar-refractivity contribution is 5.95. The molecule has 1 saturated heterocycles. The fraction of sp³-hybridized carbons (Fsp3) is 0.417. The van der Waals surface area contributed by atoms with E-state index in [1.807, 2.05) is 0 Å². The molecule has 0 radical (unpaired) electrons. The molecule has 0 bridgehead atoms. The highest BCUT2D eigenvalue weighted by atomic mass is 19.4. The number of hydrogen-bond donors (Lipinski definition) is 2. The van der Waals surface area contributed by atoms with Crippen LogP contribution in [0.4, 0.5) is 18.9 Å². The maximum absolute atomic E-state index is 12.1. The Hall–Kier alpha value is -1.96. The van der Waals surface area contributed by atoms with Gasteiger partial charge in [0.2, 0.25) is 0 Å². The van der Waals surface area contributed by atoms with Crippen LogP contribution in [-0.4, -0.2) is 47.9 Å². The quantitative estimate of drug-likeness (QED) is 0.815. The van der Waals surface area contributed by atoms with Crippen molar-refractivity contribution in [1.82, 2.24) is 4.90 Å². The lowest BCUT2D eigenvalue weighted by Gasteiger charge is -2.35. The Kier molecular flexibility index (Phi) is 3.76. The molecule has 1 amide bonds. The van der Waals surface area contributed by atoms with Gasteiger partial charge in [-0.15, -0.1) is 0 Å². The number of ether oxygens (including phenoxy) is 1. The molecule has 110 valence electrons. The van der Waals surface area contributed by atoms with Gasteiger partial charge in [0.15, 0.2) is 6.61 Å². The second-order valence-corrected chi connectivity index (χ2v) is 4.52. The summed E-state index contributed by atoms with van der Waals surface area (Å²) in [6.07, 6.45) is -5.03. The van der Waals surface area contributed by atoms with Gasteiger partial charge in [0, 0.05) is 18.7 Å². The first-order chi connectivity index (χ1) is 9.26. The van der Waals surface area contributed by atoms with E-state index in [9.17, 15) is 18.0 Å². The van der Waals surface area contributed by atoms with Gasteiger partial charge in [-0.1, -0.05) is 0 Å². The number of nitrogens with zero attached hydrogens (tertiary/aromatic N) is 1. The van der Waals surface area contributed by atoms with Crippen molar-refractivity contribution in [3.63, 3.8) is 0 Å². The standard InChI is InChI=1S/C12H13F3N2O3/c13-12(14,15)6-20-10-3-7(1-2-9(10)16)11(19)17-4-8(18)5-17/h1-3,8,18H,4-6,16H2. The van der Waals surface area contributed by atoms with Crippen LogP contribution >= 0.6 is 0 Å². The topological polar surface area (TPSA) is 75.8 Å². The number of carbonyl (C=O) groups is 1. The van der Waals surface area contributed by atoms with Crippen LogP contribution in [0.15, 0.2) is 18.2 Å². The van der Waals surface area contributed by atoms with Crippen molar-refractivity contribution in [3.05, 3.63) is 23.8 Å². The second kappa shape index (κ2) is 5.20. The van der Waals surface area contributed by atoms with E-state index in [0.29, 0.717) is 0 Å². The van der Waals surface area contributed by atoms with Crippen LogP contribution in [0.5, 0.6) is 5.75 Å². The number of hydrogen-bond acceptors (Lipinski definition) is 4. The summed E-state index contributed by atoms with van der Waals surface area (Å²) in [6.45, 7) is -1.05. The Balaban J connectivity index is 2.10. The lowest BCUT2D eigenvalue weighted by atomic mass is 10.1. The van der Waals surface area contributed by atoms with Gasteiger partial charge in [-0.2, -0.15) is 13.2 Å². The van der Waals surface area contributed by atoms with Crippen molar-refractivity contribution >= 4 is 11.6 Å². The first-order valence-corrected chi connectivity index (χ1v) is 5.82. The Bertz CT molecular complexity index is 513. The first kappa shape index (κ1) is 14.4. The SMILES string of the molecule is Nc1ccc(C(=O)N2CC(O)C2)cc1OCC(F)(F)F. The molecule has 5 nitrogen and oxygen atoms in total. The van der Waals surface area contributed by atoms with E-state index in [4.69, 9.17) is 10.8 Å². The largest absolute Gasteiger partial charge is 0.482 e. The van der Waals surface area contributed by atoms with E-state index < -0.39 is 18.9 Å². The fourth-order valence-electron chi connectivity index (χ4n) is 1.76. The molecule has 1 aliphatic heterocycles. The molecule has 0 aliphatic carbocycles. The number of aliphatic hydroxyl groups excluding tert-OH is 1. The number of aliphatic hydroxyl groups is 1. The fourth-order valence-corrected chi connectivity index (χ4v) is 1.76. The summed E-state index contributed by atoms with van der Waals surface area (Å²) >= 11 is 0. The summed E-state index contributed by atoms with van der Waals surface area (Å²) in [5, 5.41) is 9.12. The number of likely N-dealkylation sites (tertiary alicyclic amines) is 1. The lowest BCUT2D eigenvalue weighted by molar-refractivity contribution is -0.153. The van der Waals surface area contributed by atoms with Crippen LogP contribution in [0.1, 0.15) is 10.4 Å². The predicted octanol–water partition coefficient (Wildman–Crippen LogP) is 1.03. The lowest BCUT2D eigenvalue weighted by Crippen LogP contribution is -2.53. The van der Waals surface area contributed by atoms with Crippen molar-refractivity contribution < 1.29 is 27.8 Å². The zero-order valence-electron chi connectivity index (χ0n) is 10.4. The molecule has 8 heteroatoms. The van der Waals surface area contributed by atoms with Gasteiger partial charge in [0.05, 0.1) is 11.8 Å². The Morgan fingerprint density at radius 3 is 2.65 bits per heavy atom. The van der Waals surface area contributed by atoms with Gasteiger partial charge in [-0.25, -0.2) is 0 Å². The van der Waals surface area contributed by atoms with Crippen LogP contribution in [0.2, 0.25) is 0 Å². The number of amides is 1. The van der Waals surface area contributed by atoms with E-state index in [1.165, 1.54) is 23.1 Å². The Morgan fingerprint density at radius 1 is 1.45 bits per heavy atom. The number of nitrogen functional groups attached to an aromatic ring is 1. The number of halogens is 3. The molecule has 1 fully saturated rings. The number of benzene rings is 1. The number of carbonyl (C=O) groups excluding carboxylic acids is 1. The first-order valence-electron chi connectivity index (χ1n) is 5.82. The van der Waals surface area contributed by atoms with E-state index in [0.717, 1.165) is 0 Å². The van der Waals surface area contributed by atoms with Crippen LogP contribution in [0.25, 0.3) is 0 Å². The number of alkyl halides is 3. The summed E-state index contributed by atoms with van der Waals surface area (Å²) in [5.74, 6) is -0.568. The van der Waals surface area contributed by atoms with E-state index in [-0.39, 0.29) is 36.0 Å². The molecule has 0 spiro atoms. The smallest absolute Gasteiger partial charge is 0.422 e. The molecule has 1 aromatic carbocycles. The summed E-state index contributed by atoms with van der Waals surface area (Å²) in [6, 6.07) is 3.89. The monoisotopic (exact) mass is 290 g/mol. The number of rotatable bonds is 3. The van der Waals surface area contributed by atoms with Crippen molar-refractivity contribution in [2.75, 3.05) is 25.4 Å². The molecule has 0 unspecified atom stereocenters. The van der Waals surface area contributed by atoms with E-state index in [1.54, 1.807) is 0 Å². The summed E-state index contributed by atoms with van der Waals surface area (Å²) in [5.41, 5.74) is 5.70. The minimum atomic E-state index is -4.48. The highest BCUT2D eigenvalue weighted by Gasteiger charge is 2.31. The predicted molar refractivity (Wildman–Crippen MR) is 64.3 cm³/mol. The average molecular weight is 290 g/mol. The molecule has 1 aromatic rings. The van der Waals surface area contributed by atoms with Gasteiger partial charge in [-0.3, -0.25) is 4.79 Å². The van der Waals surface area contributed by atoms with Crippen molar-refractivity contribution in [2.45, 2.75) is 12.3 Å². The normalized spacial score (nSPS) is 15.9. The van der Waals surface area contributed by atoms with Gasteiger partial charge >= 0.3 is 6.18 Å². The summed E-state index contributed by atoms with van der Waals surface area (Å²) < 4.78 is 40.9. The summed E-state index contributed by atoms with van der Waals surface area (Å²) in [7, 11) is 0. The number of anilines is 1. The molecule has 3 N–H and O–H groups in total. The Morgan fingerprint density at radius 2 is 2.10 bits per heavy atom. The maximum Gasteiger partial charge on any atom is 0.422 e. The van der Waals surface area contributed by atoms with Crippen molar-refractivity contribution in [3.8, 4) is 5.75 Å². The maximum atomic E-state index is 12.1. The summed E-state index contributed by atoms with van der Waals surface area (Å²) in [4.78, 5) is 13.3. The molecule has 1 aliphatic rings. The van der Waals surface area contributed by atoms with Crippen molar-refractivity contribution in [1.29, 1.82) is 0 Å². The zero-order chi connectivity index (χ0) is 14.9. The van der Waals surface area contributed by atoms with Crippen LogP contribution in [0.3, 0.4) is 0 Å². The van der Waals surface area contributed by atoms with E-state index in [2.05, 4.69) is 4.74 Å². The van der Waals surface area contributed by atoms with Crippen LogP contribution < -0.4 is 10.5 Å². The zero-order valence-corrected chi connectivity index (χ0v) is 10.4. The minimum absolute atomic E-state index is 0.0226. The molecule has 0 aromatic heterocycles. The third-order valence-electron chi connectivity index (χ3n) is 2.80. The molecule has 2 rings (SSSR count). The van der Waals surface area contributed by atoms with Gasteiger partial charge in [0.1, 0.15) is 5.75 Å². The van der Waals surface area contributed by atoms with Gasteiger partial charge in [-0.05, 0) is 18.2 Å².